The Bertz CT molecular complexity index is 316. The topological polar surface area (TPSA) is 32.5 Å². The van der Waals surface area contributed by atoms with Crippen molar-refractivity contribution in [2.75, 3.05) is 33.2 Å². The molecule has 0 aromatic rings. The molecular formula is C17H35N3. The molecule has 118 valence electrons. The fraction of sp³-hybridized carbons (Fsp3) is 1.00. The fourth-order valence-electron chi connectivity index (χ4n) is 4.14. The Labute approximate surface area is 125 Å². The highest BCUT2D eigenvalue weighted by molar-refractivity contribution is 5.01. The highest BCUT2D eigenvalue weighted by Gasteiger charge is 2.44. The first-order chi connectivity index (χ1) is 9.31. The van der Waals surface area contributed by atoms with Crippen molar-refractivity contribution in [3.8, 4) is 0 Å². The Balaban J connectivity index is 2.05. The summed E-state index contributed by atoms with van der Waals surface area (Å²) in [4.78, 5) is 5.22. The Morgan fingerprint density at radius 2 is 1.75 bits per heavy atom. The molecule has 2 N–H and O–H groups in total. The molecule has 0 bridgehead atoms. The van der Waals surface area contributed by atoms with Gasteiger partial charge in [0.05, 0.1) is 0 Å². The molecule has 1 heterocycles. The number of nitrogens with zero attached hydrogens (tertiary/aromatic N) is 2. The van der Waals surface area contributed by atoms with E-state index in [1.54, 1.807) is 0 Å². The van der Waals surface area contributed by atoms with Crippen LogP contribution in [0.25, 0.3) is 0 Å². The van der Waals surface area contributed by atoms with Gasteiger partial charge < -0.3 is 5.73 Å². The van der Waals surface area contributed by atoms with Crippen molar-refractivity contribution >= 4 is 0 Å². The van der Waals surface area contributed by atoms with Crippen LogP contribution < -0.4 is 5.73 Å². The van der Waals surface area contributed by atoms with Crippen LogP contribution in [-0.4, -0.2) is 54.1 Å². The summed E-state index contributed by atoms with van der Waals surface area (Å²) >= 11 is 0. The molecule has 20 heavy (non-hydrogen) atoms. The highest BCUT2D eigenvalue weighted by atomic mass is 15.3. The number of hydrogen-bond acceptors (Lipinski definition) is 3. The van der Waals surface area contributed by atoms with Gasteiger partial charge in [-0.2, -0.15) is 0 Å². The van der Waals surface area contributed by atoms with Gasteiger partial charge in [0.2, 0.25) is 0 Å². The third-order valence-electron chi connectivity index (χ3n) is 6.27. The van der Waals surface area contributed by atoms with Crippen molar-refractivity contribution in [1.82, 2.24) is 9.80 Å². The van der Waals surface area contributed by atoms with Crippen molar-refractivity contribution in [3.63, 3.8) is 0 Å². The molecule has 0 aromatic heterocycles. The van der Waals surface area contributed by atoms with E-state index in [-0.39, 0.29) is 11.1 Å². The summed E-state index contributed by atoms with van der Waals surface area (Å²) in [6.45, 7) is 13.8. The first-order valence-corrected chi connectivity index (χ1v) is 8.47. The highest BCUT2D eigenvalue weighted by Crippen LogP contribution is 2.40. The molecule has 0 atom stereocenters. The van der Waals surface area contributed by atoms with Crippen molar-refractivity contribution in [1.29, 1.82) is 0 Å². The zero-order chi connectivity index (χ0) is 15.0. The maximum absolute atomic E-state index is 6.26. The molecule has 0 aromatic carbocycles. The monoisotopic (exact) mass is 281 g/mol. The standard InChI is InChI=1S/C17H35N3/c1-14(2)15-6-8-17(12-18,9-7-15)20-11-10-19(5)16(3,4)13-20/h14-15H,6-13,18H2,1-5H3. The zero-order valence-electron chi connectivity index (χ0n) is 14.3. The Morgan fingerprint density at radius 1 is 1.15 bits per heavy atom. The van der Waals surface area contributed by atoms with Gasteiger partial charge in [-0.15, -0.1) is 0 Å². The van der Waals surface area contributed by atoms with Crippen molar-refractivity contribution < 1.29 is 0 Å². The molecular weight excluding hydrogens is 246 g/mol. The molecule has 0 radical (unpaired) electrons. The van der Waals surface area contributed by atoms with Gasteiger partial charge in [0, 0.05) is 37.3 Å². The van der Waals surface area contributed by atoms with Crippen LogP contribution in [0.4, 0.5) is 0 Å². The second kappa shape index (κ2) is 5.94. The van der Waals surface area contributed by atoms with E-state index in [9.17, 15) is 0 Å². The summed E-state index contributed by atoms with van der Waals surface area (Å²) in [7, 11) is 2.25. The van der Waals surface area contributed by atoms with Crippen LogP contribution in [0.2, 0.25) is 0 Å². The summed E-state index contributed by atoms with van der Waals surface area (Å²) in [6, 6.07) is 0. The Morgan fingerprint density at radius 3 is 2.20 bits per heavy atom. The molecule has 2 rings (SSSR count). The smallest absolute Gasteiger partial charge is 0.0333 e. The maximum atomic E-state index is 6.26. The molecule has 1 aliphatic heterocycles. The molecule has 3 heteroatoms. The number of piperazine rings is 1. The van der Waals surface area contributed by atoms with Crippen LogP contribution in [0.3, 0.4) is 0 Å². The average Bonchev–Trinajstić information content (AvgIpc) is 2.41. The van der Waals surface area contributed by atoms with Crippen LogP contribution >= 0.6 is 0 Å². The van der Waals surface area contributed by atoms with Gasteiger partial charge in [0.15, 0.2) is 0 Å². The van der Waals surface area contributed by atoms with Gasteiger partial charge in [-0.25, -0.2) is 0 Å². The van der Waals surface area contributed by atoms with E-state index in [0.717, 1.165) is 24.9 Å². The quantitative estimate of drug-likeness (QED) is 0.863. The summed E-state index contributed by atoms with van der Waals surface area (Å²) in [5.74, 6) is 1.74. The third-order valence-corrected chi connectivity index (χ3v) is 6.27. The van der Waals surface area contributed by atoms with E-state index >= 15 is 0 Å². The van der Waals surface area contributed by atoms with E-state index in [0.29, 0.717) is 0 Å². The lowest BCUT2D eigenvalue weighted by atomic mass is 9.71. The molecule has 1 saturated carbocycles. The summed E-state index contributed by atoms with van der Waals surface area (Å²) in [5, 5.41) is 0. The van der Waals surface area contributed by atoms with E-state index < -0.39 is 0 Å². The minimum absolute atomic E-state index is 0.273. The van der Waals surface area contributed by atoms with Crippen molar-refractivity contribution in [3.05, 3.63) is 0 Å². The van der Waals surface area contributed by atoms with E-state index in [1.807, 2.05) is 0 Å². The first-order valence-electron chi connectivity index (χ1n) is 8.47. The van der Waals surface area contributed by atoms with Crippen molar-refractivity contribution in [2.45, 2.75) is 64.5 Å². The van der Waals surface area contributed by atoms with Gasteiger partial charge in [-0.05, 0) is 58.4 Å². The second-order valence-electron chi connectivity index (χ2n) is 8.17. The van der Waals surface area contributed by atoms with Gasteiger partial charge in [-0.1, -0.05) is 13.8 Å². The number of rotatable bonds is 3. The lowest BCUT2D eigenvalue weighted by molar-refractivity contribution is -0.0442. The molecule has 2 aliphatic rings. The van der Waals surface area contributed by atoms with Gasteiger partial charge in [0.25, 0.3) is 0 Å². The number of likely N-dealkylation sites (N-methyl/N-ethyl adjacent to an activating group) is 1. The van der Waals surface area contributed by atoms with Crippen LogP contribution in [0.5, 0.6) is 0 Å². The first kappa shape index (κ1) is 16.3. The lowest BCUT2D eigenvalue weighted by Crippen LogP contribution is -2.66. The Kier molecular flexibility index (Phi) is 4.83. The van der Waals surface area contributed by atoms with E-state index in [2.05, 4.69) is 44.5 Å². The van der Waals surface area contributed by atoms with Crippen LogP contribution in [-0.2, 0) is 0 Å². The minimum Gasteiger partial charge on any atom is -0.329 e. The summed E-state index contributed by atoms with van der Waals surface area (Å²) in [5.41, 5.74) is 6.81. The molecule has 0 spiro atoms. The zero-order valence-corrected chi connectivity index (χ0v) is 14.3. The minimum atomic E-state index is 0.273. The molecule has 2 fully saturated rings. The summed E-state index contributed by atoms with van der Waals surface area (Å²) in [6.07, 6.45) is 5.32. The van der Waals surface area contributed by atoms with Crippen molar-refractivity contribution in [2.24, 2.45) is 17.6 Å². The predicted octanol–water partition coefficient (Wildman–Crippen LogP) is 2.56. The lowest BCUT2D eigenvalue weighted by Gasteiger charge is -2.55. The molecule has 1 saturated heterocycles. The molecule has 0 unspecified atom stereocenters. The normalized spacial score (nSPS) is 36.5. The average molecular weight is 281 g/mol. The number of hydrogen-bond donors (Lipinski definition) is 1. The van der Waals surface area contributed by atoms with E-state index in [4.69, 9.17) is 5.73 Å². The van der Waals surface area contributed by atoms with Gasteiger partial charge >= 0.3 is 0 Å². The number of nitrogens with two attached hydrogens (primary N) is 1. The van der Waals surface area contributed by atoms with Gasteiger partial charge in [0.1, 0.15) is 0 Å². The SMILES string of the molecule is CC(C)C1CCC(CN)(N2CCN(C)C(C)(C)C2)CC1. The molecule has 0 amide bonds. The van der Waals surface area contributed by atoms with Gasteiger partial charge in [-0.3, -0.25) is 9.80 Å². The predicted molar refractivity (Wildman–Crippen MR) is 86.9 cm³/mol. The third kappa shape index (κ3) is 3.05. The molecule has 3 nitrogen and oxygen atoms in total. The van der Waals surface area contributed by atoms with Crippen LogP contribution in [0, 0.1) is 11.8 Å². The maximum Gasteiger partial charge on any atom is 0.0333 e. The largest absolute Gasteiger partial charge is 0.329 e. The van der Waals surface area contributed by atoms with Crippen LogP contribution in [0.15, 0.2) is 0 Å². The molecule has 1 aliphatic carbocycles. The Hall–Kier alpha value is -0.120. The fourth-order valence-corrected chi connectivity index (χ4v) is 4.14. The second-order valence-corrected chi connectivity index (χ2v) is 8.17. The van der Waals surface area contributed by atoms with Crippen LogP contribution in [0.1, 0.15) is 53.4 Å². The van der Waals surface area contributed by atoms with E-state index in [1.165, 1.54) is 38.8 Å². The summed E-state index contributed by atoms with van der Waals surface area (Å²) < 4.78 is 0.